The lowest BCUT2D eigenvalue weighted by Gasteiger charge is -2.31. The van der Waals surface area contributed by atoms with Crippen molar-refractivity contribution < 1.29 is 19.2 Å². The summed E-state index contributed by atoms with van der Waals surface area (Å²) in [6.45, 7) is 8.82. The molecule has 0 radical (unpaired) electrons. The zero-order valence-electron chi connectivity index (χ0n) is 16.0. The Morgan fingerprint density at radius 2 is 2.00 bits per heavy atom. The molecule has 2 heterocycles. The van der Waals surface area contributed by atoms with Gasteiger partial charge in [-0.05, 0) is 31.5 Å². The highest BCUT2D eigenvalue weighted by atomic mass is 35.5. The molecular formula is C20H27ClN3O3+. The zero-order valence-corrected chi connectivity index (χ0v) is 16.8. The number of halogens is 1. The maximum absolute atomic E-state index is 12.7. The highest BCUT2D eigenvalue weighted by Crippen LogP contribution is 2.30. The van der Waals surface area contributed by atoms with Crippen LogP contribution < -0.4 is 10.2 Å². The standard InChI is InChI=1S/C20H26ClN3O3/c1-4-27-20(26)19-18(15-8-14(21)5-6-16(15)22-19)23-17(25)11-24-9-12(2)7-13(3)10-24/h5-6,8,12-13,22H,4,7,9-11H2,1-3H3,(H,23,25)/p+1/t12-,13-/m0/s1. The number of fused-ring (bicyclic) bond motifs is 1. The number of hydrogen-bond acceptors (Lipinski definition) is 3. The molecule has 0 unspecified atom stereocenters. The minimum atomic E-state index is -0.493. The Balaban J connectivity index is 1.83. The highest BCUT2D eigenvalue weighted by Gasteiger charge is 2.28. The van der Waals surface area contributed by atoms with Crippen LogP contribution in [0, 0.1) is 11.8 Å². The number of ether oxygens (including phenoxy) is 1. The monoisotopic (exact) mass is 392 g/mol. The number of nitrogens with one attached hydrogen (secondary N) is 3. The van der Waals surface area contributed by atoms with E-state index in [0.29, 0.717) is 34.5 Å². The van der Waals surface area contributed by atoms with Gasteiger partial charge >= 0.3 is 5.97 Å². The lowest BCUT2D eigenvalue weighted by atomic mass is 9.92. The lowest BCUT2D eigenvalue weighted by Crippen LogP contribution is -3.15. The topological polar surface area (TPSA) is 75.6 Å². The van der Waals surface area contributed by atoms with Crippen LogP contribution in [0.25, 0.3) is 10.9 Å². The number of carbonyl (C=O) groups is 2. The predicted molar refractivity (Wildman–Crippen MR) is 106 cm³/mol. The van der Waals surface area contributed by atoms with Crippen LogP contribution in [0.15, 0.2) is 18.2 Å². The average Bonchev–Trinajstić information content (AvgIpc) is 2.92. The molecule has 0 aliphatic carbocycles. The molecule has 7 heteroatoms. The Morgan fingerprint density at radius 3 is 2.67 bits per heavy atom. The number of aromatic nitrogens is 1. The maximum atomic E-state index is 12.7. The molecule has 1 aromatic carbocycles. The Bertz CT molecular complexity index is 838. The molecule has 2 aromatic rings. The molecule has 3 N–H and O–H groups in total. The van der Waals surface area contributed by atoms with Crippen molar-refractivity contribution >= 4 is 40.1 Å². The number of carbonyl (C=O) groups excluding carboxylic acids is 2. The molecule has 1 amide bonds. The zero-order chi connectivity index (χ0) is 19.6. The number of quaternary nitrogens is 1. The molecule has 1 aromatic heterocycles. The van der Waals surface area contributed by atoms with Crippen molar-refractivity contribution in [3.63, 3.8) is 0 Å². The van der Waals surface area contributed by atoms with Gasteiger partial charge in [-0.1, -0.05) is 25.4 Å². The van der Waals surface area contributed by atoms with E-state index in [2.05, 4.69) is 24.1 Å². The summed E-state index contributed by atoms with van der Waals surface area (Å²) in [5, 5.41) is 4.17. The molecule has 1 aliphatic heterocycles. The third-order valence-electron chi connectivity index (χ3n) is 4.99. The Kier molecular flexibility index (Phi) is 6.07. The summed E-state index contributed by atoms with van der Waals surface area (Å²) in [5.74, 6) is 0.613. The van der Waals surface area contributed by atoms with Crippen molar-refractivity contribution in [2.75, 3.05) is 31.6 Å². The quantitative estimate of drug-likeness (QED) is 0.684. The van der Waals surface area contributed by atoms with E-state index in [-0.39, 0.29) is 18.2 Å². The number of anilines is 1. The first-order chi connectivity index (χ1) is 12.9. The second-order valence-corrected chi connectivity index (χ2v) is 8.05. The number of rotatable bonds is 5. The van der Waals surface area contributed by atoms with Gasteiger partial charge in [-0.25, -0.2) is 4.79 Å². The largest absolute Gasteiger partial charge is 0.461 e. The van der Waals surface area contributed by atoms with E-state index in [1.165, 1.54) is 11.3 Å². The van der Waals surface area contributed by atoms with Crippen LogP contribution in [0.4, 0.5) is 5.69 Å². The minimum Gasteiger partial charge on any atom is -0.461 e. The Morgan fingerprint density at radius 1 is 1.30 bits per heavy atom. The number of aromatic amines is 1. The summed E-state index contributed by atoms with van der Waals surface area (Å²) in [6.07, 6.45) is 1.21. The fourth-order valence-corrected chi connectivity index (χ4v) is 4.30. The average molecular weight is 393 g/mol. The van der Waals surface area contributed by atoms with E-state index in [4.69, 9.17) is 16.3 Å². The SMILES string of the molecule is CCOC(=O)c1[nH]c2ccc(Cl)cc2c1NC(=O)C[NH+]1C[C@@H](C)C[C@H](C)C1. The predicted octanol–water partition coefficient (Wildman–Crippen LogP) is 2.50. The Labute approximate surface area is 164 Å². The number of hydrogen-bond donors (Lipinski definition) is 3. The molecule has 6 nitrogen and oxygen atoms in total. The normalized spacial score (nSPS) is 22.6. The van der Waals surface area contributed by atoms with Crippen molar-refractivity contribution in [3.05, 3.63) is 28.9 Å². The summed E-state index contributed by atoms with van der Waals surface area (Å²) in [5.41, 5.74) is 1.41. The van der Waals surface area contributed by atoms with Gasteiger partial charge in [0.2, 0.25) is 0 Å². The third kappa shape index (κ3) is 4.62. The lowest BCUT2D eigenvalue weighted by molar-refractivity contribution is -0.904. The van der Waals surface area contributed by atoms with Crippen molar-refractivity contribution in [2.45, 2.75) is 27.2 Å². The van der Waals surface area contributed by atoms with Gasteiger partial charge < -0.3 is 19.9 Å². The van der Waals surface area contributed by atoms with Gasteiger partial charge in [0.1, 0.15) is 5.69 Å². The van der Waals surface area contributed by atoms with E-state index in [1.54, 1.807) is 25.1 Å². The number of amides is 1. The van der Waals surface area contributed by atoms with Gasteiger partial charge in [0.15, 0.2) is 6.54 Å². The van der Waals surface area contributed by atoms with Crippen molar-refractivity contribution in [2.24, 2.45) is 11.8 Å². The maximum Gasteiger partial charge on any atom is 0.356 e. The second-order valence-electron chi connectivity index (χ2n) is 7.61. The summed E-state index contributed by atoms with van der Waals surface area (Å²) in [4.78, 5) is 29.4. The van der Waals surface area contributed by atoms with Crippen LogP contribution in [0.5, 0.6) is 0 Å². The number of piperidine rings is 1. The van der Waals surface area contributed by atoms with Gasteiger partial charge in [0.05, 0.1) is 25.4 Å². The molecule has 27 heavy (non-hydrogen) atoms. The first-order valence-electron chi connectivity index (χ1n) is 9.49. The van der Waals surface area contributed by atoms with Crippen LogP contribution in [0.3, 0.4) is 0 Å². The molecule has 3 rings (SSSR count). The molecule has 1 saturated heterocycles. The summed E-state index contributed by atoms with van der Waals surface area (Å²) in [6, 6.07) is 5.26. The van der Waals surface area contributed by atoms with Gasteiger partial charge in [-0.2, -0.15) is 0 Å². The molecule has 1 fully saturated rings. The van der Waals surface area contributed by atoms with Crippen LogP contribution in [-0.2, 0) is 9.53 Å². The Hall–Kier alpha value is -2.05. The first kappa shape index (κ1) is 19.7. The van der Waals surface area contributed by atoms with Gasteiger partial charge in [0, 0.05) is 27.8 Å². The van der Waals surface area contributed by atoms with Crippen LogP contribution in [0.2, 0.25) is 5.02 Å². The van der Waals surface area contributed by atoms with Gasteiger partial charge in [-0.3, -0.25) is 4.79 Å². The summed E-state index contributed by atoms with van der Waals surface area (Å²) >= 11 is 6.12. The van der Waals surface area contributed by atoms with Crippen LogP contribution in [0.1, 0.15) is 37.7 Å². The van der Waals surface area contributed by atoms with E-state index in [9.17, 15) is 9.59 Å². The fraction of sp³-hybridized carbons (Fsp3) is 0.500. The van der Waals surface area contributed by atoms with E-state index < -0.39 is 5.97 Å². The second kappa shape index (κ2) is 8.31. The van der Waals surface area contributed by atoms with Crippen LogP contribution >= 0.6 is 11.6 Å². The van der Waals surface area contributed by atoms with E-state index >= 15 is 0 Å². The molecule has 146 valence electrons. The van der Waals surface area contributed by atoms with Crippen molar-refractivity contribution in [1.82, 2.24) is 4.98 Å². The van der Waals surface area contributed by atoms with E-state index in [1.807, 2.05) is 0 Å². The summed E-state index contributed by atoms with van der Waals surface area (Å²) in [7, 11) is 0. The summed E-state index contributed by atoms with van der Waals surface area (Å²) < 4.78 is 5.13. The van der Waals surface area contributed by atoms with E-state index in [0.717, 1.165) is 18.6 Å². The molecule has 0 spiro atoms. The van der Waals surface area contributed by atoms with Crippen molar-refractivity contribution in [3.8, 4) is 0 Å². The molecule has 0 saturated carbocycles. The highest BCUT2D eigenvalue weighted by molar-refractivity contribution is 6.31. The van der Waals surface area contributed by atoms with Crippen molar-refractivity contribution in [1.29, 1.82) is 0 Å². The third-order valence-corrected chi connectivity index (χ3v) is 5.23. The smallest absolute Gasteiger partial charge is 0.356 e. The number of likely N-dealkylation sites (tertiary alicyclic amines) is 1. The number of benzene rings is 1. The minimum absolute atomic E-state index is 0.113. The molecule has 2 atom stereocenters. The number of esters is 1. The van der Waals surface area contributed by atoms with Crippen LogP contribution in [-0.4, -0.2) is 43.1 Å². The first-order valence-corrected chi connectivity index (χ1v) is 9.87. The molecular weight excluding hydrogens is 366 g/mol. The molecule has 0 bridgehead atoms. The molecule has 1 aliphatic rings. The van der Waals surface area contributed by atoms with Gasteiger partial charge in [0.25, 0.3) is 5.91 Å². The fourth-order valence-electron chi connectivity index (χ4n) is 4.13. The van der Waals surface area contributed by atoms with Gasteiger partial charge in [-0.15, -0.1) is 0 Å². The number of H-pyrrole nitrogens is 1.